The summed E-state index contributed by atoms with van der Waals surface area (Å²) in [5, 5.41) is 0. The molecule has 22 heavy (non-hydrogen) atoms. The Morgan fingerprint density at radius 2 is 2.00 bits per heavy atom. The van der Waals surface area contributed by atoms with Crippen molar-refractivity contribution in [1.29, 1.82) is 0 Å². The Balaban J connectivity index is 1.57. The van der Waals surface area contributed by atoms with Gasteiger partial charge in [0.1, 0.15) is 0 Å². The second-order valence-electron chi connectivity index (χ2n) is 7.01. The van der Waals surface area contributed by atoms with Crippen LogP contribution in [0.3, 0.4) is 0 Å². The molecule has 4 heteroatoms. The number of halogens is 1. The summed E-state index contributed by atoms with van der Waals surface area (Å²) in [7, 11) is 0. The number of allylic oxidation sites excluding steroid dienone is 2. The van der Waals surface area contributed by atoms with Gasteiger partial charge in [-0.1, -0.05) is 41.4 Å². The molecule has 0 radical (unpaired) electrons. The minimum Gasteiger partial charge on any atom is -0.454 e. The van der Waals surface area contributed by atoms with Crippen molar-refractivity contribution in [2.24, 2.45) is 17.3 Å². The average Bonchev–Trinajstić information content (AvgIpc) is 2.78. The van der Waals surface area contributed by atoms with E-state index in [0.29, 0.717) is 30.7 Å². The monoisotopic (exact) mass is 366 g/mol. The molecule has 0 N–H and O–H groups in total. The molecule has 2 unspecified atom stereocenters. The molecule has 0 spiro atoms. The molecular formula is C18H23BrO3. The molecule has 0 saturated heterocycles. The van der Waals surface area contributed by atoms with Gasteiger partial charge in [-0.05, 0) is 48.8 Å². The highest BCUT2D eigenvalue weighted by atomic mass is 79.9. The molecule has 1 aromatic carbocycles. The molecule has 1 aliphatic heterocycles. The maximum absolute atomic E-state index is 5.98. The molecule has 2 atom stereocenters. The molecule has 1 fully saturated rings. The Labute approximate surface area is 140 Å². The summed E-state index contributed by atoms with van der Waals surface area (Å²) < 4.78 is 17.8. The molecule has 0 bridgehead atoms. The van der Waals surface area contributed by atoms with Crippen molar-refractivity contribution < 1.29 is 14.2 Å². The second kappa shape index (κ2) is 5.89. The largest absolute Gasteiger partial charge is 0.454 e. The van der Waals surface area contributed by atoms with Crippen molar-refractivity contribution in [3.63, 3.8) is 0 Å². The van der Waals surface area contributed by atoms with Crippen LogP contribution >= 0.6 is 15.9 Å². The van der Waals surface area contributed by atoms with E-state index in [2.05, 4.69) is 49.7 Å². The van der Waals surface area contributed by atoms with E-state index in [1.165, 1.54) is 5.57 Å². The zero-order chi connectivity index (χ0) is 15.9. The lowest BCUT2D eigenvalue weighted by atomic mass is 10.1. The van der Waals surface area contributed by atoms with Gasteiger partial charge in [0.25, 0.3) is 0 Å². The zero-order valence-electron chi connectivity index (χ0n) is 13.6. The van der Waals surface area contributed by atoms with Crippen molar-refractivity contribution >= 4 is 15.9 Å². The van der Waals surface area contributed by atoms with Gasteiger partial charge in [-0.25, -0.2) is 0 Å². The van der Waals surface area contributed by atoms with Crippen LogP contribution < -0.4 is 9.47 Å². The Hall–Kier alpha value is -1.00. The molecule has 1 saturated carbocycles. The van der Waals surface area contributed by atoms with Gasteiger partial charge in [0.2, 0.25) is 6.79 Å². The molecule has 1 aromatic rings. The first-order valence-corrected chi connectivity index (χ1v) is 8.49. The summed E-state index contributed by atoms with van der Waals surface area (Å²) >= 11 is 3.57. The van der Waals surface area contributed by atoms with Crippen LogP contribution in [0.5, 0.6) is 11.5 Å². The fourth-order valence-corrected chi connectivity index (χ4v) is 3.60. The summed E-state index contributed by atoms with van der Waals surface area (Å²) in [5.74, 6) is 2.84. The molecule has 1 heterocycles. The third-order valence-corrected chi connectivity index (χ3v) is 5.49. The van der Waals surface area contributed by atoms with Crippen LogP contribution in [-0.2, 0) is 11.3 Å². The zero-order valence-corrected chi connectivity index (χ0v) is 15.2. The first-order chi connectivity index (χ1) is 10.4. The molecule has 3 rings (SSSR count). The standard InChI is InChI=1S/C18H23BrO3/c1-11(2)5-13-14(18(13,3)4)9-20-8-12-6-16-17(7-15(12)19)22-10-21-16/h5-7,13-14H,8-10H2,1-4H3. The summed E-state index contributed by atoms with van der Waals surface area (Å²) in [5.41, 5.74) is 2.84. The minimum absolute atomic E-state index is 0.298. The Morgan fingerprint density at radius 1 is 1.32 bits per heavy atom. The van der Waals surface area contributed by atoms with Crippen LogP contribution in [0.1, 0.15) is 33.3 Å². The maximum atomic E-state index is 5.98. The number of benzene rings is 1. The SMILES string of the molecule is CC(C)=CC1C(COCc2cc3c(cc2Br)OCO3)C1(C)C. The number of fused-ring (bicyclic) bond motifs is 1. The normalized spacial score (nSPS) is 24.2. The van der Waals surface area contributed by atoms with E-state index in [0.717, 1.165) is 28.1 Å². The first-order valence-electron chi connectivity index (χ1n) is 7.70. The van der Waals surface area contributed by atoms with Gasteiger partial charge >= 0.3 is 0 Å². The molecule has 2 aliphatic rings. The first kappa shape index (κ1) is 15.9. The van der Waals surface area contributed by atoms with Gasteiger partial charge in [-0.3, -0.25) is 0 Å². The molecule has 120 valence electrons. The van der Waals surface area contributed by atoms with Gasteiger partial charge < -0.3 is 14.2 Å². The van der Waals surface area contributed by atoms with Gasteiger partial charge in [0.15, 0.2) is 11.5 Å². The fourth-order valence-electron chi connectivity index (χ4n) is 3.16. The van der Waals surface area contributed by atoms with E-state index >= 15 is 0 Å². The number of ether oxygens (including phenoxy) is 3. The number of rotatable bonds is 5. The van der Waals surface area contributed by atoms with Crippen molar-refractivity contribution in [1.82, 2.24) is 0 Å². The predicted octanol–water partition coefficient (Wildman–Crippen LogP) is 4.93. The van der Waals surface area contributed by atoms with E-state index in [9.17, 15) is 0 Å². The van der Waals surface area contributed by atoms with Crippen LogP contribution in [0.15, 0.2) is 28.3 Å². The Bertz CT molecular complexity index is 603. The van der Waals surface area contributed by atoms with Crippen LogP contribution in [0.25, 0.3) is 0 Å². The summed E-state index contributed by atoms with van der Waals surface area (Å²) in [6.45, 7) is 10.6. The highest BCUT2D eigenvalue weighted by molar-refractivity contribution is 9.10. The lowest BCUT2D eigenvalue weighted by molar-refractivity contribution is 0.102. The minimum atomic E-state index is 0.298. The fraction of sp³-hybridized carbons (Fsp3) is 0.556. The lowest BCUT2D eigenvalue weighted by Gasteiger charge is -2.08. The highest BCUT2D eigenvalue weighted by Gasteiger charge is 2.55. The maximum Gasteiger partial charge on any atom is 0.231 e. The van der Waals surface area contributed by atoms with E-state index in [1.807, 2.05) is 12.1 Å². The highest BCUT2D eigenvalue weighted by Crippen LogP contribution is 2.59. The summed E-state index contributed by atoms with van der Waals surface area (Å²) in [6.07, 6.45) is 2.38. The molecule has 3 nitrogen and oxygen atoms in total. The number of hydrogen-bond donors (Lipinski definition) is 0. The van der Waals surface area contributed by atoms with E-state index < -0.39 is 0 Å². The third kappa shape index (κ3) is 3.04. The van der Waals surface area contributed by atoms with Crippen molar-refractivity contribution in [2.75, 3.05) is 13.4 Å². The van der Waals surface area contributed by atoms with Gasteiger partial charge in [-0.15, -0.1) is 0 Å². The van der Waals surface area contributed by atoms with E-state index in [1.54, 1.807) is 0 Å². The van der Waals surface area contributed by atoms with Crippen LogP contribution in [0, 0.1) is 17.3 Å². The molecule has 1 aliphatic carbocycles. The van der Waals surface area contributed by atoms with Gasteiger partial charge in [-0.2, -0.15) is 0 Å². The second-order valence-corrected chi connectivity index (χ2v) is 7.86. The molecule has 0 aromatic heterocycles. The Morgan fingerprint density at radius 3 is 2.68 bits per heavy atom. The topological polar surface area (TPSA) is 27.7 Å². The van der Waals surface area contributed by atoms with E-state index in [4.69, 9.17) is 14.2 Å². The average molecular weight is 367 g/mol. The third-order valence-electron chi connectivity index (χ3n) is 4.75. The number of hydrogen-bond acceptors (Lipinski definition) is 3. The van der Waals surface area contributed by atoms with Crippen LogP contribution in [0.4, 0.5) is 0 Å². The smallest absolute Gasteiger partial charge is 0.231 e. The van der Waals surface area contributed by atoms with Crippen LogP contribution in [-0.4, -0.2) is 13.4 Å². The summed E-state index contributed by atoms with van der Waals surface area (Å²) in [4.78, 5) is 0. The van der Waals surface area contributed by atoms with Crippen molar-refractivity contribution in [3.05, 3.63) is 33.8 Å². The van der Waals surface area contributed by atoms with Gasteiger partial charge in [0, 0.05) is 4.47 Å². The Kier molecular flexibility index (Phi) is 4.25. The van der Waals surface area contributed by atoms with Gasteiger partial charge in [0.05, 0.1) is 13.2 Å². The lowest BCUT2D eigenvalue weighted by Crippen LogP contribution is -2.02. The summed E-state index contributed by atoms with van der Waals surface area (Å²) in [6, 6.07) is 3.95. The van der Waals surface area contributed by atoms with Crippen molar-refractivity contribution in [3.8, 4) is 11.5 Å². The van der Waals surface area contributed by atoms with Crippen LogP contribution in [0.2, 0.25) is 0 Å². The van der Waals surface area contributed by atoms with Crippen molar-refractivity contribution in [2.45, 2.75) is 34.3 Å². The quantitative estimate of drug-likeness (QED) is 0.691. The predicted molar refractivity (Wildman–Crippen MR) is 90.1 cm³/mol. The van der Waals surface area contributed by atoms with E-state index in [-0.39, 0.29) is 0 Å². The molecule has 0 amide bonds. The molecular weight excluding hydrogens is 344 g/mol.